The number of para-hydroxylation sites is 1. The van der Waals surface area contributed by atoms with E-state index >= 15 is 0 Å². The van der Waals surface area contributed by atoms with Gasteiger partial charge in [0.1, 0.15) is 11.6 Å². The first-order valence-electron chi connectivity index (χ1n) is 7.74. The van der Waals surface area contributed by atoms with E-state index in [9.17, 15) is 5.26 Å². The number of nitrogens with zero attached hydrogens (tertiary/aromatic N) is 5. The van der Waals surface area contributed by atoms with E-state index in [2.05, 4.69) is 31.1 Å². The van der Waals surface area contributed by atoms with Crippen LogP contribution in [0.15, 0.2) is 30.3 Å². The van der Waals surface area contributed by atoms with E-state index in [0.29, 0.717) is 11.4 Å². The second-order valence-corrected chi connectivity index (χ2v) is 5.78. The van der Waals surface area contributed by atoms with Crippen molar-refractivity contribution in [3.05, 3.63) is 47.5 Å². The zero-order valence-corrected chi connectivity index (χ0v) is 12.8. The minimum Gasteiger partial charge on any atom is -0.360 e. The highest BCUT2D eigenvalue weighted by atomic mass is 15.3. The maximum atomic E-state index is 9.37. The van der Waals surface area contributed by atoms with Gasteiger partial charge in [0, 0.05) is 18.4 Å². The van der Waals surface area contributed by atoms with Crippen LogP contribution in [0.3, 0.4) is 0 Å². The number of rotatable bonds is 3. The number of nitriles is 1. The third-order valence-electron chi connectivity index (χ3n) is 4.23. The van der Waals surface area contributed by atoms with E-state index in [0.717, 1.165) is 41.9 Å². The SMILES string of the molecule is C[C@@H](Nc1cc(C#N)c2ccccc2n1)c1nnc2n1CCC2. The molecule has 1 aliphatic rings. The van der Waals surface area contributed by atoms with Crippen molar-refractivity contribution in [2.45, 2.75) is 32.4 Å². The van der Waals surface area contributed by atoms with Crippen LogP contribution in [0.25, 0.3) is 10.9 Å². The summed E-state index contributed by atoms with van der Waals surface area (Å²) in [6.45, 7) is 3.01. The standard InChI is InChI=1S/C17H16N6/c1-11(17-22-21-16-7-4-8-23(16)17)19-15-9-12(10-18)13-5-2-3-6-14(13)20-15/h2-3,5-6,9,11H,4,7-8H2,1H3,(H,19,20)/t11-/m1/s1. The first-order chi connectivity index (χ1) is 11.3. The zero-order valence-electron chi connectivity index (χ0n) is 12.8. The fourth-order valence-electron chi connectivity index (χ4n) is 3.12. The predicted molar refractivity (Wildman–Crippen MR) is 86.8 cm³/mol. The molecule has 0 radical (unpaired) electrons. The number of aryl methyl sites for hydroxylation is 1. The molecule has 1 atom stereocenters. The summed E-state index contributed by atoms with van der Waals surface area (Å²) < 4.78 is 2.17. The number of nitrogens with one attached hydrogen (secondary N) is 1. The Balaban J connectivity index is 1.68. The lowest BCUT2D eigenvalue weighted by atomic mass is 10.1. The van der Waals surface area contributed by atoms with Crippen LogP contribution in [-0.2, 0) is 13.0 Å². The van der Waals surface area contributed by atoms with Crippen molar-refractivity contribution in [3.8, 4) is 6.07 Å². The van der Waals surface area contributed by atoms with Gasteiger partial charge >= 0.3 is 0 Å². The van der Waals surface area contributed by atoms with Gasteiger partial charge in [-0.05, 0) is 25.5 Å². The molecular formula is C17H16N6. The molecule has 0 saturated carbocycles. The Morgan fingerprint density at radius 1 is 1.30 bits per heavy atom. The molecule has 0 aliphatic carbocycles. The minimum absolute atomic E-state index is 0.0189. The summed E-state index contributed by atoms with van der Waals surface area (Å²) >= 11 is 0. The molecule has 0 unspecified atom stereocenters. The summed E-state index contributed by atoms with van der Waals surface area (Å²) in [7, 11) is 0. The Kier molecular flexibility index (Phi) is 3.19. The lowest BCUT2D eigenvalue weighted by Crippen LogP contribution is -2.14. The Morgan fingerprint density at radius 2 is 2.17 bits per heavy atom. The van der Waals surface area contributed by atoms with E-state index < -0.39 is 0 Å². The third kappa shape index (κ3) is 2.30. The van der Waals surface area contributed by atoms with Gasteiger partial charge < -0.3 is 9.88 Å². The lowest BCUT2D eigenvalue weighted by Gasteiger charge is -2.15. The monoisotopic (exact) mass is 304 g/mol. The number of fused-ring (bicyclic) bond motifs is 2. The first-order valence-corrected chi connectivity index (χ1v) is 7.74. The van der Waals surface area contributed by atoms with Gasteiger partial charge in [-0.1, -0.05) is 18.2 Å². The van der Waals surface area contributed by atoms with Crippen molar-refractivity contribution < 1.29 is 0 Å². The second-order valence-electron chi connectivity index (χ2n) is 5.78. The molecule has 0 bridgehead atoms. The fraction of sp³-hybridized carbons (Fsp3) is 0.294. The van der Waals surface area contributed by atoms with Gasteiger partial charge in [0.15, 0.2) is 5.82 Å². The summed E-state index contributed by atoms with van der Waals surface area (Å²) in [4.78, 5) is 4.61. The molecular weight excluding hydrogens is 288 g/mol. The highest BCUT2D eigenvalue weighted by molar-refractivity contribution is 5.86. The molecule has 0 fully saturated rings. The second kappa shape index (κ2) is 5.36. The largest absolute Gasteiger partial charge is 0.360 e. The summed E-state index contributed by atoms with van der Waals surface area (Å²) in [6, 6.07) is 11.7. The summed E-state index contributed by atoms with van der Waals surface area (Å²) in [5.74, 6) is 2.66. The maximum absolute atomic E-state index is 9.37. The van der Waals surface area contributed by atoms with Crippen LogP contribution in [0.4, 0.5) is 5.82 Å². The predicted octanol–water partition coefficient (Wildman–Crippen LogP) is 2.82. The number of hydrogen-bond acceptors (Lipinski definition) is 5. The van der Waals surface area contributed by atoms with Crippen LogP contribution >= 0.6 is 0 Å². The van der Waals surface area contributed by atoms with E-state index in [1.165, 1.54) is 0 Å². The van der Waals surface area contributed by atoms with Crippen LogP contribution < -0.4 is 5.32 Å². The Morgan fingerprint density at radius 3 is 3.04 bits per heavy atom. The minimum atomic E-state index is -0.0189. The van der Waals surface area contributed by atoms with E-state index in [-0.39, 0.29) is 6.04 Å². The number of pyridine rings is 1. The van der Waals surface area contributed by atoms with Crippen molar-refractivity contribution in [1.82, 2.24) is 19.7 Å². The average Bonchev–Trinajstić information content (AvgIpc) is 3.17. The van der Waals surface area contributed by atoms with Gasteiger partial charge in [-0.2, -0.15) is 5.26 Å². The Hall–Kier alpha value is -2.94. The van der Waals surface area contributed by atoms with Gasteiger partial charge in [-0.15, -0.1) is 10.2 Å². The van der Waals surface area contributed by atoms with Crippen LogP contribution in [-0.4, -0.2) is 19.7 Å². The normalized spacial score (nSPS) is 14.4. The molecule has 1 aromatic carbocycles. The van der Waals surface area contributed by atoms with Gasteiger partial charge in [-0.25, -0.2) is 4.98 Å². The first kappa shape index (κ1) is 13.7. The summed E-state index contributed by atoms with van der Waals surface area (Å²) in [5.41, 5.74) is 1.43. The van der Waals surface area contributed by atoms with Crippen molar-refractivity contribution in [3.63, 3.8) is 0 Å². The molecule has 3 heterocycles. The summed E-state index contributed by atoms with van der Waals surface area (Å²) in [6.07, 6.45) is 2.11. The van der Waals surface area contributed by atoms with Crippen molar-refractivity contribution in [2.75, 3.05) is 5.32 Å². The fourth-order valence-corrected chi connectivity index (χ4v) is 3.12. The highest BCUT2D eigenvalue weighted by Crippen LogP contribution is 2.24. The lowest BCUT2D eigenvalue weighted by molar-refractivity contribution is 0.651. The van der Waals surface area contributed by atoms with Crippen LogP contribution in [0, 0.1) is 11.3 Å². The molecule has 2 aromatic heterocycles. The van der Waals surface area contributed by atoms with Crippen LogP contribution in [0.5, 0.6) is 0 Å². The van der Waals surface area contributed by atoms with Gasteiger partial charge in [0.25, 0.3) is 0 Å². The van der Waals surface area contributed by atoms with E-state index in [1.54, 1.807) is 6.07 Å². The van der Waals surface area contributed by atoms with E-state index in [4.69, 9.17) is 0 Å². The molecule has 0 amide bonds. The molecule has 1 aliphatic heterocycles. The third-order valence-corrected chi connectivity index (χ3v) is 4.23. The topological polar surface area (TPSA) is 79.4 Å². The maximum Gasteiger partial charge on any atom is 0.155 e. The van der Waals surface area contributed by atoms with Crippen LogP contribution in [0.2, 0.25) is 0 Å². The van der Waals surface area contributed by atoms with Crippen molar-refractivity contribution in [1.29, 1.82) is 5.26 Å². The molecule has 114 valence electrons. The number of aromatic nitrogens is 4. The van der Waals surface area contributed by atoms with E-state index in [1.807, 2.05) is 31.2 Å². The molecule has 6 nitrogen and oxygen atoms in total. The number of benzene rings is 1. The Labute approximate surface area is 133 Å². The van der Waals surface area contributed by atoms with Gasteiger partial charge in [0.05, 0.1) is 23.2 Å². The zero-order chi connectivity index (χ0) is 15.8. The van der Waals surface area contributed by atoms with Gasteiger partial charge in [-0.3, -0.25) is 0 Å². The number of anilines is 1. The van der Waals surface area contributed by atoms with Gasteiger partial charge in [0.2, 0.25) is 0 Å². The molecule has 3 aromatic rings. The smallest absolute Gasteiger partial charge is 0.155 e. The summed E-state index contributed by atoms with van der Waals surface area (Å²) in [5, 5.41) is 22.1. The van der Waals surface area contributed by atoms with Crippen molar-refractivity contribution >= 4 is 16.7 Å². The highest BCUT2D eigenvalue weighted by Gasteiger charge is 2.21. The molecule has 0 saturated heterocycles. The quantitative estimate of drug-likeness (QED) is 0.805. The molecule has 23 heavy (non-hydrogen) atoms. The molecule has 4 rings (SSSR count). The molecule has 6 heteroatoms. The molecule has 0 spiro atoms. The Bertz CT molecular complexity index is 920. The van der Waals surface area contributed by atoms with Crippen molar-refractivity contribution in [2.24, 2.45) is 0 Å². The molecule has 1 N–H and O–H groups in total. The number of hydrogen-bond donors (Lipinski definition) is 1. The van der Waals surface area contributed by atoms with Crippen LogP contribution in [0.1, 0.15) is 36.6 Å². The average molecular weight is 304 g/mol.